The minimum atomic E-state index is -4.95. The summed E-state index contributed by atoms with van der Waals surface area (Å²) in [6, 6.07) is 24.2. The number of carbonyl (C=O) groups is 1. The summed E-state index contributed by atoms with van der Waals surface area (Å²) in [6.07, 6.45) is 1.47. The number of aromatic nitrogens is 4. The van der Waals surface area contributed by atoms with Gasteiger partial charge in [-0.1, -0.05) is 34.3 Å². The van der Waals surface area contributed by atoms with E-state index in [0.717, 1.165) is 18.2 Å². The van der Waals surface area contributed by atoms with E-state index in [1.807, 2.05) is 0 Å². The minimum absolute atomic E-state index is 0.101. The van der Waals surface area contributed by atoms with E-state index in [-0.39, 0.29) is 51.0 Å². The highest BCUT2D eigenvalue weighted by Gasteiger charge is 2.23. The van der Waals surface area contributed by atoms with Gasteiger partial charge in [0.2, 0.25) is 0 Å². The fraction of sp³-hybridized carbons (Fsp3) is 0. The van der Waals surface area contributed by atoms with Gasteiger partial charge in [-0.2, -0.15) is 21.9 Å². The molecule has 0 spiro atoms. The zero-order chi connectivity index (χ0) is 47.5. The first-order chi connectivity index (χ1) is 32.1. The van der Waals surface area contributed by atoms with Gasteiger partial charge in [-0.3, -0.25) is 9.11 Å². The summed E-state index contributed by atoms with van der Waals surface area (Å²) in [5, 5.41) is 56.1. The molecule has 0 aliphatic heterocycles. The standard InChI is InChI=1S/C39H24FN9O14S4/c40-37-42-38(44-39(43-37)49-14-2-3-20(19-49)36(50)51)41-30-10-11-33(27-17-22(64-62-60-52)6-8-24(27)30)48-47-31-12-13-32(28-18-23(65-63-61-53)7-9-25(28)31)46-45-21-15-29-26(35(16-21)67(57,58)59)4-1-5-34(29)66(54,55)56/h1-19H,(H5-,41,42,43,44,45,47,50,51,52,53,54,55,56,57,58,59)/p+1. The lowest BCUT2D eigenvalue weighted by molar-refractivity contribution is -0.604. The highest BCUT2D eigenvalue weighted by Crippen LogP contribution is 2.41. The summed E-state index contributed by atoms with van der Waals surface area (Å²) in [4.78, 5) is 22.7. The lowest BCUT2D eigenvalue weighted by Gasteiger charge is -2.11. The molecule has 0 saturated heterocycles. The Morgan fingerprint density at radius 1 is 0.642 bits per heavy atom. The Balaban J connectivity index is 1.19. The van der Waals surface area contributed by atoms with E-state index in [9.17, 15) is 40.2 Å². The van der Waals surface area contributed by atoms with Crippen molar-refractivity contribution in [3.63, 3.8) is 0 Å². The van der Waals surface area contributed by atoms with Gasteiger partial charge in [0, 0.05) is 42.1 Å². The maximum Gasteiger partial charge on any atom is 0.445 e. The third-order valence-corrected chi connectivity index (χ3v) is 12.3. The van der Waals surface area contributed by atoms with Crippen LogP contribution in [0.15, 0.2) is 156 Å². The second-order valence-electron chi connectivity index (χ2n) is 13.4. The number of carboxylic acids is 1. The van der Waals surface area contributed by atoms with E-state index >= 15 is 0 Å². The molecule has 8 rings (SSSR count). The number of nitrogens with zero attached hydrogens (tertiary/aromatic N) is 8. The number of rotatable bonds is 16. The molecular weight excluding hydrogens is 966 g/mol. The van der Waals surface area contributed by atoms with Crippen LogP contribution in [-0.4, -0.2) is 62.5 Å². The Kier molecular flexibility index (Phi) is 13.5. The van der Waals surface area contributed by atoms with Crippen molar-refractivity contribution in [1.82, 2.24) is 15.0 Å². The summed E-state index contributed by atoms with van der Waals surface area (Å²) < 4.78 is 94.3. The number of hydrogen-bond acceptors (Lipinski definition) is 21. The molecule has 0 aliphatic carbocycles. The molecule has 0 radical (unpaired) electrons. The lowest BCUT2D eigenvalue weighted by Crippen LogP contribution is -2.34. The number of benzene rings is 6. The fourth-order valence-corrected chi connectivity index (χ4v) is 8.79. The number of anilines is 2. The van der Waals surface area contributed by atoms with Crippen LogP contribution in [0.1, 0.15) is 10.4 Å². The summed E-state index contributed by atoms with van der Waals surface area (Å²) in [5.74, 6) is -1.68. The molecule has 2 aromatic heterocycles. The molecule has 6 N–H and O–H groups in total. The van der Waals surface area contributed by atoms with Crippen LogP contribution in [0, 0.1) is 6.08 Å². The first kappa shape index (κ1) is 46.5. The van der Waals surface area contributed by atoms with E-state index in [0.29, 0.717) is 61.1 Å². The maximum atomic E-state index is 14.8. The molecule has 8 aromatic rings. The van der Waals surface area contributed by atoms with Crippen molar-refractivity contribution in [3.05, 3.63) is 127 Å². The molecule has 0 fully saturated rings. The molecular formula is C39H25FN9O14S4+. The van der Waals surface area contributed by atoms with Crippen LogP contribution in [0.5, 0.6) is 0 Å². The van der Waals surface area contributed by atoms with Crippen molar-refractivity contribution in [2.45, 2.75) is 19.6 Å². The summed E-state index contributed by atoms with van der Waals surface area (Å²) in [5.41, 5.74) is 0.740. The van der Waals surface area contributed by atoms with Crippen LogP contribution in [0.4, 0.5) is 38.8 Å². The van der Waals surface area contributed by atoms with Gasteiger partial charge in [0.05, 0.1) is 70.5 Å². The van der Waals surface area contributed by atoms with Gasteiger partial charge < -0.3 is 10.4 Å². The Morgan fingerprint density at radius 3 is 1.90 bits per heavy atom. The van der Waals surface area contributed by atoms with Crippen molar-refractivity contribution in [2.75, 3.05) is 5.32 Å². The zero-order valence-electron chi connectivity index (χ0n) is 33.0. The van der Waals surface area contributed by atoms with Crippen LogP contribution in [0.25, 0.3) is 38.3 Å². The van der Waals surface area contributed by atoms with E-state index in [4.69, 9.17) is 10.5 Å². The van der Waals surface area contributed by atoms with Gasteiger partial charge in [-0.15, -0.1) is 33.4 Å². The maximum absolute atomic E-state index is 14.8. The number of carboxylic acid groups (broad SMARTS) is 1. The summed E-state index contributed by atoms with van der Waals surface area (Å²) in [7, 11) is -9.81. The monoisotopic (exact) mass is 990 g/mol. The lowest BCUT2D eigenvalue weighted by atomic mass is 10.1. The predicted molar refractivity (Wildman–Crippen MR) is 233 cm³/mol. The Hall–Kier alpha value is -7.06. The molecule has 0 amide bonds. The van der Waals surface area contributed by atoms with Crippen LogP contribution < -0.4 is 9.88 Å². The van der Waals surface area contributed by atoms with Crippen molar-refractivity contribution in [3.8, 4) is 5.95 Å². The van der Waals surface area contributed by atoms with Crippen LogP contribution >= 0.6 is 24.1 Å². The molecule has 0 saturated carbocycles. The van der Waals surface area contributed by atoms with Gasteiger partial charge in [0.15, 0.2) is 0 Å². The highest BCUT2D eigenvalue weighted by molar-refractivity contribution is 7.94. The quantitative estimate of drug-likeness (QED) is 0.0131. The zero-order valence-corrected chi connectivity index (χ0v) is 36.2. The Bertz CT molecular complexity index is 3580. The van der Waals surface area contributed by atoms with Crippen LogP contribution in [0.3, 0.4) is 0 Å². The molecule has 23 nitrogen and oxygen atoms in total. The third-order valence-electron chi connectivity index (χ3n) is 9.35. The van der Waals surface area contributed by atoms with E-state index < -0.39 is 42.1 Å². The predicted octanol–water partition coefficient (Wildman–Crippen LogP) is 9.37. The van der Waals surface area contributed by atoms with E-state index in [1.54, 1.807) is 48.5 Å². The van der Waals surface area contributed by atoms with Crippen molar-refractivity contribution in [2.24, 2.45) is 20.5 Å². The molecule has 340 valence electrons. The average Bonchev–Trinajstić information content (AvgIpc) is 3.30. The summed E-state index contributed by atoms with van der Waals surface area (Å²) >= 11 is 1.29. The highest BCUT2D eigenvalue weighted by atomic mass is 32.2. The SMILES string of the molecule is O=C(O)c1ccc[n+](-c2nc(F)nc(Nc3ccc(N=Nc4ccc(N=Nc5cc(S(=O)(=O)O)c6cccc(S(=O)(=O)O)c6c5)c5cc(SOOO)ccc45)c4cc(SOOO)ccc34)n2)c1. The number of nitrogens with one attached hydrogen (secondary N) is 1. The fourth-order valence-electron chi connectivity index (χ4n) is 6.57. The van der Waals surface area contributed by atoms with Gasteiger partial charge in [-0.05, 0) is 88.8 Å². The Morgan fingerprint density at radius 2 is 1.25 bits per heavy atom. The third kappa shape index (κ3) is 10.5. The van der Waals surface area contributed by atoms with Crippen molar-refractivity contribution in [1.29, 1.82) is 0 Å². The number of aromatic carboxylic acids is 1. The van der Waals surface area contributed by atoms with Crippen LogP contribution in [-0.2, 0) is 39.0 Å². The van der Waals surface area contributed by atoms with Gasteiger partial charge in [0.1, 0.15) is 9.79 Å². The van der Waals surface area contributed by atoms with E-state index in [2.05, 4.69) is 59.5 Å². The number of pyridine rings is 1. The molecule has 0 aliphatic rings. The first-order valence-electron chi connectivity index (χ1n) is 18.3. The van der Waals surface area contributed by atoms with Crippen molar-refractivity contribution >= 4 is 117 Å². The molecule has 2 heterocycles. The number of azo groups is 2. The number of hydrogen-bond donors (Lipinski definition) is 6. The smallest absolute Gasteiger partial charge is 0.445 e. The molecule has 67 heavy (non-hydrogen) atoms. The average molecular weight is 991 g/mol. The molecule has 6 aromatic carbocycles. The van der Waals surface area contributed by atoms with Gasteiger partial charge in [0.25, 0.3) is 20.2 Å². The number of halogens is 1. The second-order valence-corrected chi connectivity index (χ2v) is 17.7. The van der Waals surface area contributed by atoms with Crippen molar-refractivity contribution < 1.29 is 74.1 Å². The van der Waals surface area contributed by atoms with E-state index in [1.165, 1.54) is 53.4 Å². The molecule has 0 atom stereocenters. The van der Waals surface area contributed by atoms with Gasteiger partial charge >= 0.3 is 23.9 Å². The largest absolute Gasteiger partial charge is 0.478 e. The molecule has 0 unspecified atom stereocenters. The topological polar surface area (TPSA) is 327 Å². The second kappa shape index (κ2) is 19.4. The first-order valence-corrected chi connectivity index (χ1v) is 22.7. The Labute approximate surface area is 382 Å². The minimum Gasteiger partial charge on any atom is -0.478 e. The summed E-state index contributed by atoms with van der Waals surface area (Å²) in [6.45, 7) is 0. The number of fused-ring (bicyclic) bond motifs is 3. The molecule has 0 bridgehead atoms. The normalized spacial score (nSPS) is 12.3. The van der Waals surface area contributed by atoms with Crippen LogP contribution in [0.2, 0.25) is 0 Å². The van der Waals surface area contributed by atoms with Gasteiger partial charge in [-0.25, -0.2) is 19.9 Å². The molecule has 28 heteroatoms.